The summed E-state index contributed by atoms with van der Waals surface area (Å²) in [6.45, 7) is 8.20. The Hall–Kier alpha value is -2.86. The van der Waals surface area contributed by atoms with Crippen molar-refractivity contribution < 1.29 is 14.7 Å². The van der Waals surface area contributed by atoms with Crippen LogP contribution in [0.25, 0.3) is 0 Å². The summed E-state index contributed by atoms with van der Waals surface area (Å²) in [7, 11) is 3.65. The van der Waals surface area contributed by atoms with E-state index >= 15 is 0 Å². The molecular formula is C23H31N3O3. The zero-order valence-electron chi connectivity index (χ0n) is 18.1. The molecule has 29 heavy (non-hydrogen) atoms. The zero-order valence-corrected chi connectivity index (χ0v) is 18.1. The lowest BCUT2D eigenvalue weighted by atomic mass is 10.1. The van der Waals surface area contributed by atoms with Crippen molar-refractivity contribution >= 4 is 23.2 Å². The topological polar surface area (TPSA) is 64.1 Å². The third-order valence-corrected chi connectivity index (χ3v) is 4.51. The Kier molecular flexibility index (Phi) is 7.40. The Morgan fingerprint density at radius 3 is 1.97 bits per heavy atom. The second kappa shape index (κ2) is 9.56. The zero-order chi connectivity index (χ0) is 21.7. The van der Waals surface area contributed by atoms with Crippen LogP contribution < -0.4 is 4.90 Å². The van der Waals surface area contributed by atoms with E-state index in [0.717, 1.165) is 0 Å². The van der Waals surface area contributed by atoms with Crippen LogP contribution in [-0.4, -0.2) is 59.4 Å². The van der Waals surface area contributed by atoms with E-state index in [4.69, 9.17) is 0 Å². The summed E-state index contributed by atoms with van der Waals surface area (Å²) < 4.78 is 0. The molecule has 0 aliphatic carbocycles. The first kappa shape index (κ1) is 22.4. The van der Waals surface area contributed by atoms with Crippen LogP contribution in [0.3, 0.4) is 0 Å². The fraction of sp³-hybridized carbons (Fsp3) is 0.391. The summed E-state index contributed by atoms with van der Waals surface area (Å²) in [5, 5.41) is 9.86. The number of rotatable bonds is 7. The number of phenols is 1. The Morgan fingerprint density at radius 2 is 1.48 bits per heavy atom. The predicted molar refractivity (Wildman–Crippen MR) is 117 cm³/mol. The smallest absolute Gasteiger partial charge is 0.254 e. The van der Waals surface area contributed by atoms with E-state index in [2.05, 4.69) is 0 Å². The van der Waals surface area contributed by atoms with Crippen molar-refractivity contribution in [2.24, 2.45) is 0 Å². The monoisotopic (exact) mass is 397 g/mol. The van der Waals surface area contributed by atoms with Crippen molar-refractivity contribution in [3.05, 3.63) is 54.1 Å². The number of likely N-dealkylation sites (N-methyl/N-ethyl adjacent to an activating group) is 1. The van der Waals surface area contributed by atoms with E-state index in [0.29, 0.717) is 16.9 Å². The third-order valence-electron chi connectivity index (χ3n) is 4.51. The van der Waals surface area contributed by atoms with Crippen LogP contribution in [0.1, 0.15) is 38.1 Å². The lowest BCUT2D eigenvalue weighted by Gasteiger charge is -2.31. The van der Waals surface area contributed by atoms with Gasteiger partial charge in [-0.25, -0.2) is 0 Å². The lowest BCUT2D eigenvalue weighted by Crippen LogP contribution is -2.42. The van der Waals surface area contributed by atoms with Crippen LogP contribution >= 0.6 is 0 Å². The van der Waals surface area contributed by atoms with Crippen molar-refractivity contribution in [3.63, 3.8) is 0 Å². The van der Waals surface area contributed by atoms with Crippen LogP contribution in [0.15, 0.2) is 48.5 Å². The fourth-order valence-electron chi connectivity index (χ4n) is 3.38. The first-order valence-corrected chi connectivity index (χ1v) is 9.81. The van der Waals surface area contributed by atoms with Gasteiger partial charge in [-0.05, 0) is 78.2 Å². The molecular weight excluding hydrogens is 366 g/mol. The van der Waals surface area contributed by atoms with E-state index < -0.39 is 0 Å². The van der Waals surface area contributed by atoms with E-state index in [-0.39, 0.29) is 36.2 Å². The second-order valence-corrected chi connectivity index (χ2v) is 7.93. The maximum atomic E-state index is 12.9. The van der Waals surface area contributed by atoms with Gasteiger partial charge in [0.15, 0.2) is 0 Å². The largest absolute Gasteiger partial charge is 0.508 e. The van der Waals surface area contributed by atoms with Gasteiger partial charge >= 0.3 is 0 Å². The van der Waals surface area contributed by atoms with Crippen molar-refractivity contribution in [1.29, 1.82) is 0 Å². The van der Waals surface area contributed by atoms with E-state index in [1.165, 1.54) is 0 Å². The summed E-state index contributed by atoms with van der Waals surface area (Å²) in [6, 6.07) is 13.8. The van der Waals surface area contributed by atoms with Gasteiger partial charge in [-0.2, -0.15) is 0 Å². The van der Waals surface area contributed by atoms with Crippen LogP contribution in [0.2, 0.25) is 0 Å². The molecule has 6 nitrogen and oxygen atoms in total. The normalized spacial score (nSPS) is 11.2. The van der Waals surface area contributed by atoms with Gasteiger partial charge in [0.25, 0.3) is 5.91 Å². The SMILES string of the molecule is CC(C)N(C(=O)c1ccc(N(C(=O)CN(C)C)c2cccc(O)c2)cc1)C(C)C. The molecule has 0 bridgehead atoms. The molecule has 0 fully saturated rings. The summed E-state index contributed by atoms with van der Waals surface area (Å²) in [5.41, 5.74) is 1.79. The highest BCUT2D eigenvalue weighted by atomic mass is 16.3. The molecule has 0 spiro atoms. The summed E-state index contributed by atoms with van der Waals surface area (Å²) in [4.78, 5) is 31.0. The summed E-state index contributed by atoms with van der Waals surface area (Å²) >= 11 is 0. The Bertz CT molecular complexity index is 837. The number of carbonyl (C=O) groups excluding carboxylic acids is 2. The van der Waals surface area contributed by atoms with Gasteiger partial charge in [0.1, 0.15) is 5.75 Å². The molecule has 0 radical (unpaired) electrons. The molecule has 2 rings (SSSR count). The predicted octanol–water partition coefficient (Wildman–Crippen LogP) is 3.88. The number of carbonyl (C=O) groups is 2. The fourth-order valence-corrected chi connectivity index (χ4v) is 3.38. The van der Waals surface area contributed by atoms with Gasteiger partial charge in [-0.1, -0.05) is 6.07 Å². The minimum absolute atomic E-state index is 0.0370. The van der Waals surface area contributed by atoms with E-state index in [1.54, 1.807) is 58.3 Å². The standard InChI is InChI=1S/C23H31N3O3/c1-16(2)25(17(3)4)23(29)18-10-12-19(13-11-18)26(22(28)15-24(5)6)20-8-7-9-21(27)14-20/h7-14,16-17,27H,15H2,1-6H3. The molecule has 0 aliphatic rings. The summed E-state index contributed by atoms with van der Waals surface area (Å²) in [5.74, 6) is -0.0859. The van der Waals surface area contributed by atoms with Gasteiger partial charge in [-0.15, -0.1) is 0 Å². The Labute approximate surface area is 173 Å². The minimum atomic E-state index is -0.134. The van der Waals surface area contributed by atoms with Gasteiger partial charge in [0, 0.05) is 29.4 Å². The van der Waals surface area contributed by atoms with E-state index in [9.17, 15) is 14.7 Å². The Morgan fingerprint density at radius 1 is 0.897 bits per heavy atom. The van der Waals surface area contributed by atoms with Crippen molar-refractivity contribution in [1.82, 2.24) is 9.80 Å². The van der Waals surface area contributed by atoms with Crippen molar-refractivity contribution in [2.45, 2.75) is 39.8 Å². The van der Waals surface area contributed by atoms with Gasteiger partial charge < -0.3 is 14.9 Å². The van der Waals surface area contributed by atoms with Gasteiger partial charge in [0.2, 0.25) is 5.91 Å². The molecule has 2 aromatic rings. The number of hydrogen-bond acceptors (Lipinski definition) is 4. The second-order valence-electron chi connectivity index (χ2n) is 7.93. The number of anilines is 2. The van der Waals surface area contributed by atoms with Gasteiger partial charge in [-0.3, -0.25) is 14.5 Å². The lowest BCUT2D eigenvalue weighted by molar-refractivity contribution is -0.118. The van der Waals surface area contributed by atoms with Crippen LogP contribution in [-0.2, 0) is 4.79 Å². The number of hydrogen-bond donors (Lipinski definition) is 1. The average molecular weight is 398 g/mol. The van der Waals surface area contributed by atoms with Gasteiger partial charge in [0.05, 0.1) is 12.2 Å². The molecule has 0 aliphatic heterocycles. The van der Waals surface area contributed by atoms with Crippen molar-refractivity contribution in [3.8, 4) is 5.75 Å². The molecule has 1 N–H and O–H groups in total. The number of phenolic OH excluding ortho intramolecular Hbond substituents is 1. The molecule has 6 heteroatoms. The number of benzene rings is 2. The maximum absolute atomic E-state index is 12.9. The molecule has 0 atom stereocenters. The number of nitrogens with zero attached hydrogens (tertiary/aromatic N) is 3. The maximum Gasteiger partial charge on any atom is 0.254 e. The minimum Gasteiger partial charge on any atom is -0.508 e. The molecule has 0 saturated carbocycles. The third kappa shape index (κ3) is 5.57. The molecule has 2 aromatic carbocycles. The van der Waals surface area contributed by atoms with Crippen LogP contribution in [0, 0.1) is 0 Å². The average Bonchev–Trinajstić information content (AvgIpc) is 2.61. The number of amides is 2. The molecule has 156 valence electrons. The van der Waals surface area contributed by atoms with Crippen LogP contribution in [0.4, 0.5) is 11.4 Å². The quantitative estimate of drug-likeness (QED) is 0.770. The highest BCUT2D eigenvalue weighted by Crippen LogP contribution is 2.29. The highest BCUT2D eigenvalue weighted by molar-refractivity contribution is 6.02. The first-order chi connectivity index (χ1) is 13.6. The molecule has 0 saturated heterocycles. The Balaban J connectivity index is 2.40. The molecule has 2 amide bonds. The highest BCUT2D eigenvalue weighted by Gasteiger charge is 2.23. The number of aromatic hydroxyl groups is 1. The molecule has 0 unspecified atom stereocenters. The molecule has 0 aromatic heterocycles. The molecule has 0 heterocycles. The summed E-state index contributed by atoms with van der Waals surface area (Å²) in [6.07, 6.45) is 0. The first-order valence-electron chi connectivity index (χ1n) is 9.81. The van der Waals surface area contributed by atoms with Crippen molar-refractivity contribution in [2.75, 3.05) is 25.5 Å². The van der Waals surface area contributed by atoms with Crippen LogP contribution in [0.5, 0.6) is 5.75 Å². The van der Waals surface area contributed by atoms with E-state index in [1.807, 2.05) is 46.7 Å².